The van der Waals surface area contributed by atoms with E-state index in [9.17, 15) is 0 Å². The third-order valence-electron chi connectivity index (χ3n) is 3.37. The number of anilines is 1. The predicted molar refractivity (Wildman–Crippen MR) is 92.9 cm³/mol. The lowest BCUT2D eigenvalue weighted by Crippen LogP contribution is -2.25. The summed E-state index contributed by atoms with van der Waals surface area (Å²) in [5.41, 5.74) is 2.52. The molecule has 1 rings (SSSR count). The van der Waals surface area contributed by atoms with Crippen LogP contribution in [0.5, 0.6) is 0 Å². The summed E-state index contributed by atoms with van der Waals surface area (Å²) in [6.45, 7) is 16.4. The minimum absolute atomic E-state index is 0.675. The van der Waals surface area contributed by atoms with E-state index in [1.54, 1.807) is 0 Å². The van der Waals surface area contributed by atoms with Gasteiger partial charge in [-0.15, -0.1) is 6.58 Å². The fourth-order valence-corrected chi connectivity index (χ4v) is 2.33. The van der Waals surface area contributed by atoms with Gasteiger partial charge < -0.3 is 10.2 Å². The summed E-state index contributed by atoms with van der Waals surface area (Å²) in [5.74, 6) is 1.75. The van der Waals surface area contributed by atoms with E-state index in [0.29, 0.717) is 5.92 Å². The maximum absolute atomic E-state index is 4.81. The Kier molecular flexibility index (Phi) is 8.06. The number of aromatic nitrogens is 1. The van der Waals surface area contributed by atoms with E-state index >= 15 is 0 Å². The smallest absolute Gasteiger partial charge is 0.129 e. The van der Waals surface area contributed by atoms with E-state index in [4.69, 9.17) is 4.98 Å². The standard InChI is InChI=1S/C18H31N3/c1-6-9-17-11-16(14-19-13-15(4)5)12-18(20-17)21(8-3)10-7-2/h7,11-12,15,19H,2,6,8-10,13-14H2,1,3-5H3. The number of nitrogens with zero attached hydrogens (tertiary/aromatic N) is 2. The van der Waals surface area contributed by atoms with Gasteiger partial charge in [0.2, 0.25) is 0 Å². The van der Waals surface area contributed by atoms with E-state index in [0.717, 1.165) is 44.8 Å². The van der Waals surface area contributed by atoms with Gasteiger partial charge in [0, 0.05) is 25.3 Å². The van der Waals surface area contributed by atoms with Crippen LogP contribution in [0.4, 0.5) is 5.82 Å². The Balaban J connectivity index is 2.90. The fraction of sp³-hybridized carbons (Fsp3) is 0.611. The van der Waals surface area contributed by atoms with Gasteiger partial charge in [-0.25, -0.2) is 4.98 Å². The summed E-state index contributed by atoms with van der Waals surface area (Å²) >= 11 is 0. The summed E-state index contributed by atoms with van der Waals surface area (Å²) in [4.78, 5) is 7.07. The second-order valence-corrected chi connectivity index (χ2v) is 5.93. The lowest BCUT2D eigenvalue weighted by atomic mass is 10.1. The third kappa shape index (κ3) is 6.30. The van der Waals surface area contributed by atoms with Gasteiger partial charge >= 0.3 is 0 Å². The zero-order chi connectivity index (χ0) is 15.7. The molecule has 1 N–H and O–H groups in total. The molecular formula is C18H31N3. The molecule has 0 radical (unpaired) electrons. The Labute approximate surface area is 130 Å². The molecule has 0 aliphatic heterocycles. The molecule has 0 saturated carbocycles. The maximum atomic E-state index is 4.81. The van der Waals surface area contributed by atoms with Crippen molar-refractivity contribution in [2.24, 2.45) is 5.92 Å². The SMILES string of the molecule is C=CCN(CC)c1cc(CNCC(C)C)cc(CCC)n1. The molecule has 0 amide bonds. The Morgan fingerprint density at radius 3 is 2.67 bits per heavy atom. The van der Waals surface area contributed by atoms with Crippen molar-refractivity contribution in [2.75, 3.05) is 24.5 Å². The van der Waals surface area contributed by atoms with Crippen LogP contribution in [0.15, 0.2) is 24.8 Å². The summed E-state index contributed by atoms with van der Waals surface area (Å²) in [5, 5.41) is 3.52. The second-order valence-electron chi connectivity index (χ2n) is 5.93. The fourth-order valence-electron chi connectivity index (χ4n) is 2.33. The zero-order valence-electron chi connectivity index (χ0n) is 14.2. The molecule has 118 valence electrons. The molecule has 3 nitrogen and oxygen atoms in total. The number of nitrogens with one attached hydrogen (secondary N) is 1. The van der Waals surface area contributed by atoms with E-state index in [1.165, 1.54) is 11.3 Å². The summed E-state index contributed by atoms with van der Waals surface area (Å²) < 4.78 is 0. The minimum Gasteiger partial charge on any atom is -0.353 e. The molecule has 1 aromatic rings. The summed E-state index contributed by atoms with van der Waals surface area (Å²) in [6, 6.07) is 4.45. The molecule has 3 heteroatoms. The first-order valence-corrected chi connectivity index (χ1v) is 8.17. The highest BCUT2D eigenvalue weighted by Gasteiger charge is 2.08. The first kappa shape index (κ1) is 17.7. The monoisotopic (exact) mass is 289 g/mol. The van der Waals surface area contributed by atoms with Gasteiger partial charge in [0.25, 0.3) is 0 Å². The van der Waals surface area contributed by atoms with Gasteiger partial charge in [-0.1, -0.05) is 33.3 Å². The summed E-state index contributed by atoms with van der Waals surface area (Å²) in [7, 11) is 0. The van der Waals surface area contributed by atoms with Crippen LogP contribution < -0.4 is 10.2 Å². The van der Waals surface area contributed by atoms with E-state index in [2.05, 4.69) is 56.6 Å². The molecule has 0 unspecified atom stereocenters. The second kappa shape index (κ2) is 9.56. The number of hydrogen-bond acceptors (Lipinski definition) is 3. The average Bonchev–Trinajstić information content (AvgIpc) is 2.44. The molecule has 0 saturated heterocycles. The number of hydrogen-bond donors (Lipinski definition) is 1. The molecular weight excluding hydrogens is 258 g/mol. The quantitative estimate of drug-likeness (QED) is 0.664. The highest BCUT2D eigenvalue weighted by molar-refractivity contribution is 5.43. The van der Waals surface area contributed by atoms with E-state index in [-0.39, 0.29) is 0 Å². The highest BCUT2D eigenvalue weighted by Crippen LogP contribution is 2.16. The summed E-state index contributed by atoms with van der Waals surface area (Å²) in [6.07, 6.45) is 4.11. The van der Waals surface area contributed by atoms with Crippen molar-refractivity contribution in [1.82, 2.24) is 10.3 Å². The molecule has 0 fully saturated rings. The maximum Gasteiger partial charge on any atom is 0.129 e. The van der Waals surface area contributed by atoms with Crippen LogP contribution in [0.1, 0.15) is 45.4 Å². The van der Waals surface area contributed by atoms with Crippen LogP contribution in [0.2, 0.25) is 0 Å². The van der Waals surface area contributed by atoms with Crippen LogP contribution in [-0.2, 0) is 13.0 Å². The van der Waals surface area contributed by atoms with Crippen LogP contribution >= 0.6 is 0 Å². The van der Waals surface area contributed by atoms with Crippen LogP contribution in [0.3, 0.4) is 0 Å². The van der Waals surface area contributed by atoms with Gasteiger partial charge in [0.05, 0.1) is 0 Å². The lowest BCUT2D eigenvalue weighted by Gasteiger charge is -2.22. The molecule has 1 aromatic heterocycles. The third-order valence-corrected chi connectivity index (χ3v) is 3.37. The molecule has 0 aliphatic carbocycles. The molecule has 1 heterocycles. The van der Waals surface area contributed by atoms with Crippen molar-refractivity contribution >= 4 is 5.82 Å². The van der Waals surface area contributed by atoms with Crippen molar-refractivity contribution in [3.63, 3.8) is 0 Å². The van der Waals surface area contributed by atoms with Crippen LogP contribution in [0.25, 0.3) is 0 Å². The van der Waals surface area contributed by atoms with E-state index < -0.39 is 0 Å². The Morgan fingerprint density at radius 1 is 1.33 bits per heavy atom. The molecule has 0 bridgehead atoms. The van der Waals surface area contributed by atoms with E-state index in [1.807, 2.05) is 6.08 Å². The van der Waals surface area contributed by atoms with Crippen molar-refractivity contribution < 1.29 is 0 Å². The van der Waals surface area contributed by atoms with Gasteiger partial charge in [-0.05, 0) is 43.5 Å². The Hall–Kier alpha value is -1.35. The first-order valence-electron chi connectivity index (χ1n) is 8.17. The first-order chi connectivity index (χ1) is 10.1. The molecule has 0 spiro atoms. The molecule has 0 atom stereocenters. The zero-order valence-corrected chi connectivity index (χ0v) is 14.2. The normalized spacial score (nSPS) is 10.9. The minimum atomic E-state index is 0.675. The molecule has 21 heavy (non-hydrogen) atoms. The van der Waals surface area contributed by atoms with Gasteiger partial charge in [0.1, 0.15) is 5.82 Å². The van der Waals surface area contributed by atoms with Crippen molar-refractivity contribution in [3.05, 3.63) is 36.0 Å². The predicted octanol–water partition coefficient (Wildman–Crippen LogP) is 3.79. The molecule has 0 aliphatic rings. The number of rotatable bonds is 10. The lowest BCUT2D eigenvalue weighted by molar-refractivity contribution is 0.552. The number of pyridine rings is 1. The Bertz CT molecular complexity index is 426. The number of likely N-dealkylation sites (N-methyl/N-ethyl adjacent to an activating group) is 1. The van der Waals surface area contributed by atoms with Gasteiger partial charge in [0.15, 0.2) is 0 Å². The topological polar surface area (TPSA) is 28.2 Å². The number of aryl methyl sites for hydroxylation is 1. The van der Waals surface area contributed by atoms with Crippen molar-refractivity contribution in [1.29, 1.82) is 0 Å². The van der Waals surface area contributed by atoms with Crippen molar-refractivity contribution in [2.45, 2.75) is 47.1 Å². The van der Waals surface area contributed by atoms with Crippen molar-refractivity contribution in [3.8, 4) is 0 Å². The van der Waals surface area contributed by atoms with Gasteiger partial charge in [-0.3, -0.25) is 0 Å². The Morgan fingerprint density at radius 2 is 2.10 bits per heavy atom. The largest absolute Gasteiger partial charge is 0.353 e. The van der Waals surface area contributed by atoms with Crippen LogP contribution in [0, 0.1) is 5.92 Å². The van der Waals surface area contributed by atoms with Crippen LogP contribution in [-0.4, -0.2) is 24.6 Å². The molecule has 0 aromatic carbocycles. The highest BCUT2D eigenvalue weighted by atomic mass is 15.2. The average molecular weight is 289 g/mol. The van der Waals surface area contributed by atoms with Gasteiger partial charge in [-0.2, -0.15) is 0 Å².